The SMILES string of the molecule is Cc1ccc2nc(Sc3nccnc3CN)[nH]c2c1. The van der Waals surface area contributed by atoms with Crippen LogP contribution in [0.2, 0.25) is 0 Å². The van der Waals surface area contributed by atoms with Gasteiger partial charge >= 0.3 is 0 Å². The molecule has 0 saturated carbocycles. The van der Waals surface area contributed by atoms with Crippen molar-refractivity contribution in [2.75, 3.05) is 0 Å². The maximum atomic E-state index is 5.65. The van der Waals surface area contributed by atoms with Gasteiger partial charge in [0.05, 0.1) is 16.7 Å². The van der Waals surface area contributed by atoms with E-state index in [0.717, 1.165) is 26.9 Å². The van der Waals surface area contributed by atoms with Gasteiger partial charge in [-0.2, -0.15) is 0 Å². The first kappa shape index (κ1) is 12.1. The maximum Gasteiger partial charge on any atom is 0.172 e. The molecule has 0 radical (unpaired) electrons. The third-order valence-electron chi connectivity index (χ3n) is 2.74. The Hall–Kier alpha value is -1.92. The lowest BCUT2D eigenvalue weighted by atomic mass is 10.2. The lowest BCUT2D eigenvalue weighted by Gasteiger charge is -2.01. The van der Waals surface area contributed by atoms with E-state index < -0.39 is 0 Å². The highest BCUT2D eigenvalue weighted by molar-refractivity contribution is 7.99. The number of hydrogen-bond acceptors (Lipinski definition) is 5. The van der Waals surface area contributed by atoms with Crippen LogP contribution in [0.5, 0.6) is 0 Å². The van der Waals surface area contributed by atoms with Gasteiger partial charge < -0.3 is 10.7 Å². The average Bonchev–Trinajstić information content (AvgIpc) is 2.80. The Balaban J connectivity index is 1.96. The summed E-state index contributed by atoms with van der Waals surface area (Å²) >= 11 is 1.45. The molecule has 19 heavy (non-hydrogen) atoms. The number of rotatable bonds is 3. The van der Waals surface area contributed by atoms with Crippen molar-refractivity contribution >= 4 is 22.8 Å². The van der Waals surface area contributed by atoms with Gasteiger partial charge in [-0.15, -0.1) is 0 Å². The van der Waals surface area contributed by atoms with Gasteiger partial charge in [-0.3, -0.25) is 4.98 Å². The predicted molar refractivity (Wildman–Crippen MR) is 74.9 cm³/mol. The molecular weight excluding hydrogens is 258 g/mol. The minimum absolute atomic E-state index is 0.371. The number of hydrogen-bond donors (Lipinski definition) is 2. The van der Waals surface area contributed by atoms with Crippen LogP contribution in [-0.4, -0.2) is 19.9 Å². The zero-order chi connectivity index (χ0) is 13.2. The van der Waals surface area contributed by atoms with Crippen molar-refractivity contribution in [3.8, 4) is 0 Å². The molecule has 0 saturated heterocycles. The minimum atomic E-state index is 0.371. The molecular formula is C13H13N5S. The lowest BCUT2D eigenvalue weighted by molar-refractivity contribution is 0.883. The Morgan fingerprint density at radius 1 is 1.26 bits per heavy atom. The Bertz CT molecular complexity index is 722. The van der Waals surface area contributed by atoms with Gasteiger partial charge in [0.1, 0.15) is 5.03 Å². The van der Waals surface area contributed by atoms with Crippen LogP contribution in [0.3, 0.4) is 0 Å². The first-order valence-electron chi connectivity index (χ1n) is 5.90. The summed E-state index contributed by atoms with van der Waals surface area (Å²) in [6.07, 6.45) is 3.31. The zero-order valence-electron chi connectivity index (χ0n) is 10.4. The molecule has 0 aliphatic rings. The van der Waals surface area contributed by atoms with E-state index in [9.17, 15) is 0 Å². The third kappa shape index (κ3) is 2.45. The fourth-order valence-electron chi connectivity index (χ4n) is 1.82. The number of aromatic amines is 1. The molecule has 2 heterocycles. The second kappa shape index (κ2) is 4.99. The molecule has 5 nitrogen and oxygen atoms in total. The summed E-state index contributed by atoms with van der Waals surface area (Å²) in [6, 6.07) is 6.13. The molecule has 0 aliphatic heterocycles. The van der Waals surface area contributed by atoms with Crippen molar-refractivity contribution in [1.29, 1.82) is 0 Å². The molecule has 2 aromatic heterocycles. The van der Waals surface area contributed by atoms with Crippen molar-refractivity contribution in [2.24, 2.45) is 5.73 Å². The topological polar surface area (TPSA) is 80.5 Å². The smallest absolute Gasteiger partial charge is 0.172 e. The van der Waals surface area contributed by atoms with E-state index in [2.05, 4.69) is 32.9 Å². The Morgan fingerprint density at radius 3 is 2.95 bits per heavy atom. The van der Waals surface area contributed by atoms with Crippen LogP contribution in [0.4, 0.5) is 0 Å². The summed E-state index contributed by atoms with van der Waals surface area (Å²) in [5.74, 6) is 0. The van der Waals surface area contributed by atoms with Gasteiger partial charge in [-0.05, 0) is 36.4 Å². The molecule has 0 unspecified atom stereocenters. The molecule has 3 aromatic rings. The number of nitrogens with two attached hydrogens (primary N) is 1. The average molecular weight is 271 g/mol. The van der Waals surface area contributed by atoms with Crippen molar-refractivity contribution in [2.45, 2.75) is 23.7 Å². The van der Waals surface area contributed by atoms with Crippen LogP contribution in [0.25, 0.3) is 11.0 Å². The zero-order valence-corrected chi connectivity index (χ0v) is 11.2. The number of fused-ring (bicyclic) bond motifs is 1. The summed E-state index contributed by atoms with van der Waals surface area (Å²) in [5.41, 5.74) is 9.62. The molecule has 1 aromatic carbocycles. The predicted octanol–water partition coefficient (Wildman–Crippen LogP) is 2.27. The summed E-state index contributed by atoms with van der Waals surface area (Å²) in [7, 11) is 0. The standard InChI is InChI=1S/C13H13N5S/c1-8-2-3-9-10(6-8)18-13(17-9)19-12-11(7-14)15-4-5-16-12/h2-6H,7,14H2,1H3,(H,17,18). The van der Waals surface area contributed by atoms with E-state index in [1.807, 2.05) is 12.1 Å². The van der Waals surface area contributed by atoms with Gasteiger partial charge in [0.25, 0.3) is 0 Å². The summed E-state index contributed by atoms with van der Waals surface area (Å²) in [6.45, 7) is 2.43. The van der Waals surface area contributed by atoms with E-state index in [0.29, 0.717) is 6.54 Å². The number of aromatic nitrogens is 4. The molecule has 0 amide bonds. The Kier molecular flexibility index (Phi) is 3.18. The molecule has 0 spiro atoms. The van der Waals surface area contributed by atoms with E-state index in [4.69, 9.17) is 5.73 Å². The second-order valence-electron chi connectivity index (χ2n) is 4.18. The van der Waals surface area contributed by atoms with Gasteiger partial charge in [0.2, 0.25) is 0 Å². The van der Waals surface area contributed by atoms with Gasteiger partial charge in [-0.1, -0.05) is 6.07 Å². The number of nitrogens with zero attached hydrogens (tertiary/aromatic N) is 3. The molecule has 3 rings (SSSR count). The van der Waals surface area contributed by atoms with E-state index in [1.165, 1.54) is 17.3 Å². The van der Waals surface area contributed by atoms with Crippen molar-refractivity contribution in [3.05, 3.63) is 41.9 Å². The lowest BCUT2D eigenvalue weighted by Crippen LogP contribution is -2.02. The number of nitrogens with one attached hydrogen (secondary N) is 1. The van der Waals surface area contributed by atoms with Crippen LogP contribution < -0.4 is 5.73 Å². The monoisotopic (exact) mass is 271 g/mol. The number of imidazole rings is 1. The highest BCUT2D eigenvalue weighted by atomic mass is 32.2. The van der Waals surface area contributed by atoms with Crippen LogP contribution in [0, 0.1) is 6.92 Å². The van der Waals surface area contributed by atoms with Gasteiger partial charge in [0.15, 0.2) is 5.16 Å². The number of benzene rings is 1. The molecule has 0 fully saturated rings. The van der Waals surface area contributed by atoms with Crippen LogP contribution in [0.15, 0.2) is 40.8 Å². The van der Waals surface area contributed by atoms with E-state index in [-0.39, 0.29) is 0 Å². The third-order valence-corrected chi connectivity index (χ3v) is 3.66. The summed E-state index contributed by atoms with van der Waals surface area (Å²) in [5, 5.41) is 1.59. The van der Waals surface area contributed by atoms with Gasteiger partial charge in [0, 0.05) is 18.9 Å². The molecule has 96 valence electrons. The first-order chi connectivity index (χ1) is 9.26. The minimum Gasteiger partial charge on any atom is -0.333 e. The van der Waals surface area contributed by atoms with E-state index >= 15 is 0 Å². The second-order valence-corrected chi connectivity index (χ2v) is 5.15. The largest absolute Gasteiger partial charge is 0.333 e. The summed E-state index contributed by atoms with van der Waals surface area (Å²) in [4.78, 5) is 16.3. The first-order valence-corrected chi connectivity index (χ1v) is 6.72. The van der Waals surface area contributed by atoms with Gasteiger partial charge in [-0.25, -0.2) is 9.97 Å². The molecule has 6 heteroatoms. The van der Waals surface area contributed by atoms with E-state index in [1.54, 1.807) is 12.4 Å². The Labute approximate surface area is 114 Å². The molecule has 0 aliphatic carbocycles. The fourth-order valence-corrected chi connectivity index (χ4v) is 2.67. The normalized spacial score (nSPS) is 11.1. The highest BCUT2D eigenvalue weighted by Crippen LogP contribution is 2.27. The fraction of sp³-hybridized carbons (Fsp3) is 0.154. The molecule has 0 atom stereocenters. The van der Waals surface area contributed by atoms with Crippen LogP contribution >= 0.6 is 11.8 Å². The van der Waals surface area contributed by atoms with Crippen molar-refractivity contribution in [1.82, 2.24) is 19.9 Å². The molecule has 3 N–H and O–H groups in total. The molecule has 0 bridgehead atoms. The summed E-state index contributed by atoms with van der Waals surface area (Å²) < 4.78 is 0. The van der Waals surface area contributed by atoms with Crippen molar-refractivity contribution in [3.63, 3.8) is 0 Å². The van der Waals surface area contributed by atoms with Crippen molar-refractivity contribution < 1.29 is 0 Å². The number of H-pyrrole nitrogens is 1. The maximum absolute atomic E-state index is 5.65. The number of aryl methyl sites for hydroxylation is 1. The van der Waals surface area contributed by atoms with Crippen LogP contribution in [0.1, 0.15) is 11.3 Å². The van der Waals surface area contributed by atoms with Crippen LogP contribution in [-0.2, 0) is 6.54 Å². The Morgan fingerprint density at radius 2 is 2.11 bits per heavy atom. The highest BCUT2D eigenvalue weighted by Gasteiger charge is 2.09. The quantitative estimate of drug-likeness (QED) is 0.763.